The molecule has 35 heavy (non-hydrogen) atoms. The molecule has 0 saturated carbocycles. The largest absolute Gasteiger partial charge is 0.354 e. The molecule has 0 aliphatic carbocycles. The van der Waals surface area contributed by atoms with E-state index in [0.29, 0.717) is 25.1 Å². The van der Waals surface area contributed by atoms with Crippen molar-refractivity contribution in [3.8, 4) is 0 Å². The molecule has 0 spiro atoms. The summed E-state index contributed by atoms with van der Waals surface area (Å²) in [6, 6.07) is 25.3. The number of halogens is 1. The summed E-state index contributed by atoms with van der Waals surface area (Å²) in [5.41, 5.74) is 2.99. The number of thioether (sulfide) groups is 1. The first-order chi connectivity index (χ1) is 17.1. The Morgan fingerprint density at radius 2 is 1.51 bits per heavy atom. The van der Waals surface area contributed by atoms with Gasteiger partial charge in [-0.2, -0.15) is 11.8 Å². The van der Waals surface area contributed by atoms with Crippen molar-refractivity contribution in [3.63, 3.8) is 0 Å². The molecule has 4 nitrogen and oxygen atoms in total. The van der Waals surface area contributed by atoms with Crippen molar-refractivity contribution >= 4 is 23.6 Å². The summed E-state index contributed by atoms with van der Waals surface area (Å²) in [7, 11) is 0. The van der Waals surface area contributed by atoms with Gasteiger partial charge in [0.1, 0.15) is 11.9 Å². The summed E-state index contributed by atoms with van der Waals surface area (Å²) in [4.78, 5) is 28.4. The zero-order valence-electron chi connectivity index (χ0n) is 20.2. The molecule has 1 atom stereocenters. The van der Waals surface area contributed by atoms with Gasteiger partial charge >= 0.3 is 0 Å². The predicted molar refractivity (Wildman–Crippen MR) is 141 cm³/mol. The van der Waals surface area contributed by atoms with Crippen LogP contribution in [0.25, 0.3) is 0 Å². The van der Waals surface area contributed by atoms with Crippen LogP contribution in [0.15, 0.2) is 84.9 Å². The minimum absolute atomic E-state index is 0.0810. The van der Waals surface area contributed by atoms with Crippen molar-refractivity contribution in [3.05, 3.63) is 107 Å². The SMILES string of the molecule is CCCNC(=O)[C@H](Cc1ccccc1)N(Cc1ccc(F)cc1)C(=O)CCSCc1ccccc1. The second-order valence-electron chi connectivity index (χ2n) is 8.43. The summed E-state index contributed by atoms with van der Waals surface area (Å²) in [6.45, 7) is 2.80. The summed E-state index contributed by atoms with van der Waals surface area (Å²) >= 11 is 1.70. The molecule has 1 N–H and O–H groups in total. The number of nitrogens with one attached hydrogen (secondary N) is 1. The van der Waals surface area contributed by atoms with E-state index in [1.807, 2.05) is 55.5 Å². The van der Waals surface area contributed by atoms with Crippen LogP contribution < -0.4 is 5.32 Å². The third-order valence-electron chi connectivity index (χ3n) is 5.66. The smallest absolute Gasteiger partial charge is 0.243 e. The molecule has 184 valence electrons. The summed E-state index contributed by atoms with van der Waals surface area (Å²) in [6.07, 6.45) is 1.55. The van der Waals surface area contributed by atoms with Crippen LogP contribution in [-0.2, 0) is 28.3 Å². The van der Waals surface area contributed by atoms with Gasteiger partial charge in [-0.3, -0.25) is 9.59 Å². The monoisotopic (exact) mass is 492 g/mol. The molecule has 3 aromatic rings. The number of hydrogen-bond donors (Lipinski definition) is 1. The van der Waals surface area contributed by atoms with E-state index in [1.165, 1.54) is 17.7 Å². The number of hydrogen-bond acceptors (Lipinski definition) is 3. The first-order valence-electron chi connectivity index (χ1n) is 12.0. The van der Waals surface area contributed by atoms with Crippen LogP contribution in [0.1, 0.15) is 36.5 Å². The van der Waals surface area contributed by atoms with Crippen LogP contribution in [0, 0.1) is 5.82 Å². The van der Waals surface area contributed by atoms with E-state index in [0.717, 1.165) is 23.3 Å². The third-order valence-corrected chi connectivity index (χ3v) is 6.69. The maximum Gasteiger partial charge on any atom is 0.243 e. The van der Waals surface area contributed by atoms with Crippen LogP contribution in [0.4, 0.5) is 4.39 Å². The van der Waals surface area contributed by atoms with Gasteiger partial charge in [0.15, 0.2) is 0 Å². The summed E-state index contributed by atoms with van der Waals surface area (Å²) in [5, 5.41) is 2.97. The lowest BCUT2D eigenvalue weighted by Gasteiger charge is -2.31. The van der Waals surface area contributed by atoms with E-state index in [4.69, 9.17) is 0 Å². The summed E-state index contributed by atoms with van der Waals surface area (Å²) < 4.78 is 13.5. The van der Waals surface area contributed by atoms with E-state index in [9.17, 15) is 14.0 Å². The van der Waals surface area contributed by atoms with Gasteiger partial charge in [-0.25, -0.2) is 4.39 Å². The molecular weight excluding hydrogens is 459 g/mol. The fourth-order valence-electron chi connectivity index (χ4n) is 3.77. The lowest BCUT2D eigenvalue weighted by molar-refractivity contribution is -0.141. The van der Waals surface area contributed by atoms with E-state index < -0.39 is 6.04 Å². The van der Waals surface area contributed by atoms with Crippen LogP contribution >= 0.6 is 11.8 Å². The molecule has 0 radical (unpaired) electrons. The quantitative estimate of drug-likeness (QED) is 0.315. The Bertz CT molecular complexity index is 1050. The average molecular weight is 493 g/mol. The number of amides is 2. The normalized spacial score (nSPS) is 11.6. The highest BCUT2D eigenvalue weighted by Crippen LogP contribution is 2.18. The second-order valence-corrected chi connectivity index (χ2v) is 9.54. The molecule has 0 unspecified atom stereocenters. The van der Waals surface area contributed by atoms with Crippen LogP contribution in [-0.4, -0.2) is 35.1 Å². The van der Waals surface area contributed by atoms with Crippen molar-refractivity contribution in [2.75, 3.05) is 12.3 Å². The molecule has 2 amide bonds. The standard InChI is InChI=1S/C29H33FN2O2S/c1-2-18-31-29(34)27(20-23-9-5-3-6-10-23)32(21-24-13-15-26(30)16-14-24)28(33)17-19-35-22-25-11-7-4-8-12-25/h3-16,27H,2,17-22H2,1H3,(H,31,34)/t27-/m0/s1. The van der Waals surface area contributed by atoms with Gasteiger partial charge in [-0.15, -0.1) is 0 Å². The lowest BCUT2D eigenvalue weighted by Crippen LogP contribution is -2.50. The van der Waals surface area contributed by atoms with Crippen LogP contribution in [0.5, 0.6) is 0 Å². The maximum atomic E-state index is 13.5. The van der Waals surface area contributed by atoms with Gasteiger partial charge in [-0.05, 0) is 35.2 Å². The fraction of sp³-hybridized carbons (Fsp3) is 0.310. The number of nitrogens with zero attached hydrogens (tertiary/aromatic N) is 1. The highest BCUT2D eigenvalue weighted by atomic mass is 32.2. The van der Waals surface area contributed by atoms with Crippen molar-refractivity contribution in [2.45, 2.75) is 44.5 Å². The molecule has 6 heteroatoms. The predicted octanol–water partition coefficient (Wildman–Crippen LogP) is 5.62. The van der Waals surface area contributed by atoms with Crippen LogP contribution in [0.2, 0.25) is 0 Å². The molecule has 0 heterocycles. The van der Waals surface area contributed by atoms with Crippen molar-refractivity contribution in [1.82, 2.24) is 10.2 Å². The van der Waals surface area contributed by atoms with E-state index in [2.05, 4.69) is 17.4 Å². The lowest BCUT2D eigenvalue weighted by atomic mass is 10.0. The first-order valence-corrected chi connectivity index (χ1v) is 13.2. The minimum Gasteiger partial charge on any atom is -0.354 e. The number of carbonyl (C=O) groups is 2. The topological polar surface area (TPSA) is 49.4 Å². The van der Waals surface area contributed by atoms with Gasteiger partial charge in [0.05, 0.1) is 0 Å². The molecule has 3 rings (SSSR count). The zero-order valence-corrected chi connectivity index (χ0v) is 21.0. The van der Waals surface area contributed by atoms with Crippen molar-refractivity contribution in [2.24, 2.45) is 0 Å². The van der Waals surface area contributed by atoms with E-state index in [-0.39, 0.29) is 24.2 Å². The molecular formula is C29H33FN2O2S. The highest BCUT2D eigenvalue weighted by molar-refractivity contribution is 7.98. The van der Waals surface area contributed by atoms with Gasteiger partial charge in [0, 0.05) is 37.4 Å². The van der Waals surface area contributed by atoms with Gasteiger partial charge in [0.2, 0.25) is 11.8 Å². The Kier molecular flexibility index (Phi) is 10.8. The van der Waals surface area contributed by atoms with Gasteiger partial charge in [0.25, 0.3) is 0 Å². The third kappa shape index (κ3) is 8.87. The molecule has 0 bridgehead atoms. The Morgan fingerprint density at radius 1 is 0.886 bits per heavy atom. The molecule has 0 aliphatic heterocycles. The number of carbonyl (C=O) groups excluding carboxylic acids is 2. The Labute approximate surface area is 211 Å². The second kappa shape index (κ2) is 14.3. The van der Waals surface area contributed by atoms with Gasteiger partial charge in [-0.1, -0.05) is 79.7 Å². The van der Waals surface area contributed by atoms with Crippen LogP contribution in [0.3, 0.4) is 0 Å². The number of rotatable bonds is 13. The van der Waals surface area contributed by atoms with E-state index in [1.54, 1.807) is 28.8 Å². The van der Waals surface area contributed by atoms with Crippen molar-refractivity contribution < 1.29 is 14.0 Å². The Balaban J connectivity index is 1.77. The van der Waals surface area contributed by atoms with Crippen molar-refractivity contribution in [1.29, 1.82) is 0 Å². The molecule has 0 saturated heterocycles. The number of benzene rings is 3. The molecule has 0 fully saturated rings. The average Bonchev–Trinajstić information content (AvgIpc) is 2.89. The first kappa shape index (κ1) is 26.5. The maximum absolute atomic E-state index is 13.5. The molecule has 0 aromatic heterocycles. The Morgan fingerprint density at radius 3 is 2.14 bits per heavy atom. The zero-order chi connectivity index (χ0) is 24.9. The molecule has 0 aliphatic rings. The highest BCUT2D eigenvalue weighted by Gasteiger charge is 2.30. The Hall–Kier alpha value is -3.12. The minimum atomic E-state index is -0.652. The summed E-state index contributed by atoms with van der Waals surface area (Å²) in [5.74, 6) is 0.912. The van der Waals surface area contributed by atoms with Gasteiger partial charge < -0.3 is 10.2 Å². The molecule has 3 aromatic carbocycles. The van der Waals surface area contributed by atoms with E-state index >= 15 is 0 Å². The fourth-order valence-corrected chi connectivity index (χ4v) is 4.67.